The van der Waals surface area contributed by atoms with E-state index in [1.54, 1.807) is 21.0 Å². The van der Waals surface area contributed by atoms with Crippen LogP contribution < -0.4 is 4.74 Å². The molecule has 31 heavy (non-hydrogen) atoms. The molecule has 0 aromatic heterocycles. The van der Waals surface area contributed by atoms with E-state index >= 15 is 0 Å². The Balaban J connectivity index is 1.53. The van der Waals surface area contributed by atoms with Crippen LogP contribution in [0.5, 0.6) is 5.75 Å². The lowest BCUT2D eigenvalue weighted by atomic mass is 9.84. The van der Waals surface area contributed by atoms with E-state index in [1.807, 2.05) is 54.6 Å². The van der Waals surface area contributed by atoms with Crippen molar-refractivity contribution in [1.29, 1.82) is 0 Å². The van der Waals surface area contributed by atoms with Gasteiger partial charge in [-0.3, -0.25) is 0 Å². The molecule has 4 rings (SSSR count). The van der Waals surface area contributed by atoms with Crippen molar-refractivity contribution in [3.8, 4) is 5.75 Å². The van der Waals surface area contributed by atoms with Gasteiger partial charge in [-0.1, -0.05) is 42.5 Å². The highest BCUT2D eigenvalue weighted by Crippen LogP contribution is 2.40. The highest BCUT2D eigenvalue weighted by molar-refractivity contribution is 5.26. The van der Waals surface area contributed by atoms with Crippen molar-refractivity contribution >= 4 is 0 Å². The molecule has 1 saturated carbocycles. The minimum absolute atomic E-state index is 0.241. The first kappa shape index (κ1) is 22.2. The van der Waals surface area contributed by atoms with Crippen LogP contribution in [0.2, 0.25) is 0 Å². The molecule has 1 saturated heterocycles. The number of ether oxygens (including phenoxy) is 5. The Morgan fingerprint density at radius 2 is 1.35 bits per heavy atom. The molecule has 7 heteroatoms. The van der Waals surface area contributed by atoms with E-state index in [-0.39, 0.29) is 6.61 Å². The van der Waals surface area contributed by atoms with Crippen molar-refractivity contribution in [3.63, 3.8) is 0 Å². The summed E-state index contributed by atoms with van der Waals surface area (Å²) in [5.41, 5.74) is 1.90. The highest BCUT2D eigenvalue weighted by Gasteiger charge is 2.58. The zero-order chi connectivity index (χ0) is 22.0. The number of methoxy groups -OCH3 is 1. The second-order valence-electron chi connectivity index (χ2n) is 8.43. The first-order valence-corrected chi connectivity index (χ1v) is 10.5. The number of hydrogen-bond acceptors (Lipinski definition) is 7. The normalized spacial score (nSPS) is 31.9. The predicted octanol–water partition coefficient (Wildman–Crippen LogP) is 2.42. The number of fused-ring (bicyclic) bond motifs is 1. The lowest BCUT2D eigenvalue weighted by Crippen LogP contribution is -2.64. The van der Waals surface area contributed by atoms with Gasteiger partial charge in [0.25, 0.3) is 0 Å². The van der Waals surface area contributed by atoms with Gasteiger partial charge in [0.15, 0.2) is 5.79 Å². The maximum absolute atomic E-state index is 10.9. The van der Waals surface area contributed by atoms with Crippen LogP contribution in [-0.2, 0) is 32.2 Å². The quantitative estimate of drug-likeness (QED) is 0.698. The van der Waals surface area contributed by atoms with Gasteiger partial charge in [0.2, 0.25) is 0 Å². The predicted molar refractivity (Wildman–Crippen MR) is 112 cm³/mol. The highest BCUT2D eigenvalue weighted by atomic mass is 16.8. The summed E-state index contributed by atoms with van der Waals surface area (Å²) >= 11 is 0. The minimum atomic E-state index is -1.18. The Labute approximate surface area is 182 Å². The third-order valence-corrected chi connectivity index (χ3v) is 5.72. The molecule has 2 N–H and O–H groups in total. The molecule has 2 fully saturated rings. The molecule has 1 aliphatic carbocycles. The molecular weight excluding hydrogens is 400 g/mol. The second kappa shape index (κ2) is 9.24. The molecule has 2 aromatic rings. The zero-order valence-corrected chi connectivity index (χ0v) is 18.0. The summed E-state index contributed by atoms with van der Waals surface area (Å²) in [4.78, 5) is 0. The second-order valence-corrected chi connectivity index (χ2v) is 8.43. The van der Waals surface area contributed by atoms with E-state index in [0.29, 0.717) is 6.61 Å². The summed E-state index contributed by atoms with van der Waals surface area (Å²) < 4.78 is 29.4. The van der Waals surface area contributed by atoms with Crippen molar-refractivity contribution < 1.29 is 33.9 Å². The molecule has 0 bridgehead atoms. The first-order chi connectivity index (χ1) is 14.9. The first-order valence-electron chi connectivity index (χ1n) is 10.5. The van der Waals surface area contributed by atoms with Crippen LogP contribution in [0, 0.1) is 0 Å². The molecule has 0 spiro atoms. The fraction of sp³-hybridized carbons (Fsp3) is 0.500. The molecule has 7 nitrogen and oxygen atoms in total. The molecule has 0 amide bonds. The van der Waals surface area contributed by atoms with Crippen molar-refractivity contribution in [2.75, 3.05) is 7.11 Å². The fourth-order valence-corrected chi connectivity index (χ4v) is 4.17. The number of aliphatic hydroxyl groups excluding tert-OH is 2. The third kappa shape index (κ3) is 4.92. The largest absolute Gasteiger partial charge is 0.497 e. The van der Waals surface area contributed by atoms with Gasteiger partial charge in [-0.25, -0.2) is 0 Å². The Morgan fingerprint density at radius 1 is 0.774 bits per heavy atom. The van der Waals surface area contributed by atoms with Gasteiger partial charge in [0.05, 0.1) is 20.3 Å². The van der Waals surface area contributed by atoms with Gasteiger partial charge < -0.3 is 33.9 Å². The standard InChI is InChI=1S/C24H30O7/c1-24(2)30-21-19(26)18(25)20(28-14-16-9-11-17(27-3)12-10-16)22(23(21)31-24)29-13-15-7-5-4-6-8-15/h4-12,18-23,25-26H,13-14H2,1-3H3/t18-,19+,20+,21?,22?,23+/m1/s1. The van der Waals surface area contributed by atoms with Gasteiger partial charge in [0.1, 0.15) is 42.4 Å². The van der Waals surface area contributed by atoms with Crippen LogP contribution >= 0.6 is 0 Å². The number of hydrogen-bond donors (Lipinski definition) is 2. The van der Waals surface area contributed by atoms with Crippen LogP contribution in [0.4, 0.5) is 0 Å². The lowest BCUT2D eigenvalue weighted by Gasteiger charge is -2.43. The van der Waals surface area contributed by atoms with E-state index < -0.39 is 42.4 Å². The van der Waals surface area contributed by atoms with E-state index in [2.05, 4.69) is 0 Å². The molecule has 2 aliphatic rings. The van der Waals surface area contributed by atoms with Crippen LogP contribution in [-0.4, -0.2) is 59.7 Å². The van der Waals surface area contributed by atoms with Crippen molar-refractivity contribution in [2.45, 2.75) is 69.5 Å². The van der Waals surface area contributed by atoms with Gasteiger partial charge in [-0.2, -0.15) is 0 Å². The number of rotatable bonds is 7. The monoisotopic (exact) mass is 430 g/mol. The summed E-state index contributed by atoms with van der Waals surface area (Å²) in [6.45, 7) is 4.13. The fourth-order valence-electron chi connectivity index (χ4n) is 4.17. The average molecular weight is 430 g/mol. The average Bonchev–Trinajstić information content (AvgIpc) is 3.11. The van der Waals surface area contributed by atoms with Crippen LogP contribution in [0.1, 0.15) is 25.0 Å². The maximum atomic E-state index is 10.9. The van der Waals surface area contributed by atoms with E-state index in [0.717, 1.165) is 16.9 Å². The molecule has 6 atom stereocenters. The van der Waals surface area contributed by atoms with Crippen molar-refractivity contribution in [1.82, 2.24) is 0 Å². The third-order valence-electron chi connectivity index (χ3n) is 5.72. The van der Waals surface area contributed by atoms with Gasteiger partial charge in [-0.05, 0) is 37.1 Å². The van der Waals surface area contributed by atoms with Gasteiger partial charge >= 0.3 is 0 Å². The van der Waals surface area contributed by atoms with Crippen LogP contribution in [0.25, 0.3) is 0 Å². The summed E-state index contributed by atoms with van der Waals surface area (Å²) in [6.07, 6.45) is -5.02. The summed E-state index contributed by atoms with van der Waals surface area (Å²) in [7, 11) is 1.61. The smallest absolute Gasteiger partial charge is 0.164 e. The molecule has 1 heterocycles. The topological polar surface area (TPSA) is 86.6 Å². The Morgan fingerprint density at radius 3 is 2.00 bits per heavy atom. The minimum Gasteiger partial charge on any atom is -0.497 e. The zero-order valence-electron chi connectivity index (χ0n) is 18.0. The molecule has 1 aliphatic heterocycles. The van der Waals surface area contributed by atoms with Gasteiger partial charge in [-0.15, -0.1) is 0 Å². The molecule has 2 aromatic carbocycles. The van der Waals surface area contributed by atoms with Gasteiger partial charge in [0, 0.05) is 0 Å². The van der Waals surface area contributed by atoms with Crippen LogP contribution in [0.15, 0.2) is 54.6 Å². The van der Waals surface area contributed by atoms with Crippen LogP contribution in [0.3, 0.4) is 0 Å². The number of benzene rings is 2. The van der Waals surface area contributed by atoms with E-state index in [9.17, 15) is 10.2 Å². The van der Waals surface area contributed by atoms with E-state index in [1.165, 1.54) is 0 Å². The summed E-state index contributed by atoms with van der Waals surface area (Å²) in [5.74, 6) is -0.141. The molecular formula is C24H30O7. The summed E-state index contributed by atoms with van der Waals surface area (Å²) in [5, 5.41) is 21.6. The molecule has 2 unspecified atom stereocenters. The SMILES string of the molecule is COc1ccc(CO[C@@H]2C(OCc3ccccc3)[C@H]3OC(C)(C)OC3[C@@H](O)[C@H]2O)cc1. The summed E-state index contributed by atoms with van der Waals surface area (Å²) in [6, 6.07) is 17.2. The van der Waals surface area contributed by atoms with Crippen molar-refractivity contribution in [2.24, 2.45) is 0 Å². The maximum Gasteiger partial charge on any atom is 0.164 e. The Kier molecular flexibility index (Phi) is 6.62. The van der Waals surface area contributed by atoms with Crippen molar-refractivity contribution in [3.05, 3.63) is 65.7 Å². The molecule has 0 radical (unpaired) electrons. The lowest BCUT2D eigenvalue weighted by molar-refractivity contribution is -0.227. The number of aliphatic hydroxyl groups is 2. The molecule has 168 valence electrons. The Bertz CT molecular complexity index is 839. The Hall–Kier alpha value is -2.00. The van der Waals surface area contributed by atoms with E-state index in [4.69, 9.17) is 23.7 Å².